The van der Waals surface area contributed by atoms with E-state index in [0.29, 0.717) is 12.3 Å². The minimum atomic E-state index is -0.759. The van der Waals surface area contributed by atoms with Gasteiger partial charge in [-0.2, -0.15) is 0 Å². The van der Waals surface area contributed by atoms with Gasteiger partial charge in [0.2, 0.25) is 0 Å². The zero-order valence-corrected chi connectivity index (χ0v) is 14.8. The molecule has 6 heteroatoms. The molecule has 2 N–H and O–H groups in total. The molecule has 1 aromatic heterocycles. The second-order valence-corrected chi connectivity index (χ2v) is 8.11. The lowest BCUT2D eigenvalue weighted by molar-refractivity contribution is 0.233. The maximum absolute atomic E-state index is 12.0. The summed E-state index contributed by atoms with van der Waals surface area (Å²) in [6.07, 6.45) is 8.28. The van der Waals surface area contributed by atoms with E-state index in [-0.39, 0.29) is 17.3 Å². The third-order valence-electron chi connectivity index (χ3n) is 4.43. The molecule has 128 valence electrons. The molecule has 1 fully saturated rings. The number of aromatic nitrogens is 1. The van der Waals surface area contributed by atoms with E-state index >= 15 is 0 Å². The van der Waals surface area contributed by atoms with Crippen LogP contribution in [0.2, 0.25) is 0 Å². The van der Waals surface area contributed by atoms with Crippen LogP contribution in [0.25, 0.3) is 0 Å². The van der Waals surface area contributed by atoms with Crippen LogP contribution < -0.4 is 10.6 Å². The normalized spacial score (nSPS) is 22.3. The van der Waals surface area contributed by atoms with E-state index < -0.39 is 10.8 Å². The fraction of sp³-hybridized carbons (Fsp3) is 0.647. The SMILES string of the molecule is CCS(=O)C1CCCC(NC(=O)NCCc2ccncc2C)C1. The first kappa shape index (κ1) is 17.9. The quantitative estimate of drug-likeness (QED) is 0.837. The van der Waals surface area contributed by atoms with Crippen molar-refractivity contribution in [3.05, 3.63) is 29.6 Å². The second-order valence-electron chi connectivity index (χ2n) is 6.11. The molecule has 23 heavy (non-hydrogen) atoms. The van der Waals surface area contributed by atoms with Crippen LogP contribution in [-0.4, -0.2) is 38.8 Å². The largest absolute Gasteiger partial charge is 0.338 e. The maximum atomic E-state index is 12.0. The highest BCUT2D eigenvalue weighted by Crippen LogP contribution is 2.22. The van der Waals surface area contributed by atoms with E-state index in [1.165, 1.54) is 5.56 Å². The van der Waals surface area contributed by atoms with Crippen molar-refractivity contribution in [1.82, 2.24) is 15.6 Å². The van der Waals surface area contributed by atoms with Gasteiger partial charge < -0.3 is 10.6 Å². The van der Waals surface area contributed by atoms with E-state index in [9.17, 15) is 9.00 Å². The van der Waals surface area contributed by atoms with Gasteiger partial charge in [0, 0.05) is 46.8 Å². The number of rotatable bonds is 6. The number of nitrogens with one attached hydrogen (secondary N) is 2. The molecular weight excluding hydrogens is 310 g/mol. The van der Waals surface area contributed by atoms with Gasteiger partial charge in [0.05, 0.1) is 0 Å². The highest BCUT2D eigenvalue weighted by atomic mass is 32.2. The van der Waals surface area contributed by atoms with Crippen LogP contribution in [0.5, 0.6) is 0 Å². The lowest BCUT2D eigenvalue weighted by Gasteiger charge is -2.29. The molecule has 1 saturated carbocycles. The Balaban J connectivity index is 1.72. The Labute approximate surface area is 141 Å². The molecule has 1 heterocycles. The van der Waals surface area contributed by atoms with Gasteiger partial charge in [0.1, 0.15) is 0 Å². The van der Waals surface area contributed by atoms with Crippen molar-refractivity contribution in [2.45, 2.75) is 57.2 Å². The predicted octanol–water partition coefficient (Wildman–Crippen LogP) is 2.31. The molecule has 0 aliphatic heterocycles. The summed E-state index contributed by atoms with van der Waals surface area (Å²) in [5.74, 6) is 0.703. The molecule has 1 aliphatic carbocycles. The van der Waals surface area contributed by atoms with Crippen LogP contribution in [0, 0.1) is 6.92 Å². The van der Waals surface area contributed by atoms with Crippen LogP contribution in [0.3, 0.4) is 0 Å². The summed E-state index contributed by atoms with van der Waals surface area (Å²) < 4.78 is 11.9. The predicted molar refractivity (Wildman–Crippen MR) is 93.9 cm³/mol. The van der Waals surface area contributed by atoms with Crippen LogP contribution in [0.4, 0.5) is 4.79 Å². The van der Waals surface area contributed by atoms with Crippen LogP contribution >= 0.6 is 0 Å². The van der Waals surface area contributed by atoms with Crippen molar-refractivity contribution in [2.75, 3.05) is 12.3 Å². The Morgan fingerprint density at radius 2 is 2.26 bits per heavy atom. The molecular formula is C17H27N3O2S. The fourth-order valence-electron chi connectivity index (χ4n) is 3.08. The number of pyridine rings is 1. The minimum Gasteiger partial charge on any atom is -0.338 e. The molecule has 5 nitrogen and oxygen atoms in total. The number of carbonyl (C=O) groups excluding carboxylic acids is 1. The van der Waals surface area contributed by atoms with Crippen molar-refractivity contribution in [2.24, 2.45) is 0 Å². The number of hydrogen-bond donors (Lipinski definition) is 2. The van der Waals surface area contributed by atoms with Gasteiger partial charge in [0.25, 0.3) is 0 Å². The van der Waals surface area contributed by atoms with Crippen molar-refractivity contribution in [3.8, 4) is 0 Å². The zero-order valence-electron chi connectivity index (χ0n) is 14.0. The van der Waals surface area contributed by atoms with Crippen molar-refractivity contribution < 1.29 is 9.00 Å². The molecule has 0 bridgehead atoms. The lowest BCUT2D eigenvalue weighted by Crippen LogP contribution is -2.46. The lowest BCUT2D eigenvalue weighted by atomic mass is 9.95. The van der Waals surface area contributed by atoms with Gasteiger partial charge in [0.15, 0.2) is 0 Å². The molecule has 0 saturated heterocycles. The summed E-state index contributed by atoms with van der Waals surface area (Å²) in [7, 11) is -0.759. The number of nitrogens with zero attached hydrogens (tertiary/aromatic N) is 1. The van der Waals surface area contributed by atoms with E-state index in [4.69, 9.17) is 0 Å². The first-order valence-corrected chi connectivity index (χ1v) is 9.79. The average molecular weight is 337 g/mol. The summed E-state index contributed by atoms with van der Waals surface area (Å²) >= 11 is 0. The minimum absolute atomic E-state index is 0.121. The zero-order chi connectivity index (χ0) is 16.7. The molecule has 2 amide bonds. The van der Waals surface area contributed by atoms with Crippen molar-refractivity contribution in [1.29, 1.82) is 0 Å². The van der Waals surface area contributed by atoms with E-state index in [0.717, 1.165) is 37.7 Å². The number of urea groups is 1. The maximum Gasteiger partial charge on any atom is 0.315 e. The van der Waals surface area contributed by atoms with Crippen molar-refractivity contribution >= 4 is 16.8 Å². The number of aryl methyl sites for hydroxylation is 1. The summed E-state index contributed by atoms with van der Waals surface area (Å²) in [6.45, 7) is 4.59. The highest BCUT2D eigenvalue weighted by Gasteiger charge is 2.26. The second kappa shape index (κ2) is 9.01. The Morgan fingerprint density at radius 1 is 1.43 bits per heavy atom. The van der Waals surface area contributed by atoms with Crippen LogP contribution in [0.1, 0.15) is 43.7 Å². The van der Waals surface area contributed by atoms with Crippen LogP contribution in [0.15, 0.2) is 18.5 Å². The first-order chi connectivity index (χ1) is 11.1. The summed E-state index contributed by atoms with van der Waals surface area (Å²) in [6, 6.07) is 2.01. The molecule has 1 aliphatic rings. The Hall–Kier alpha value is -1.43. The Morgan fingerprint density at radius 3 is 3.00 bits per heavy atom. The molecule has 2 rings (SSSR count). The average Bonchev–Trinajstić information content (AvgIpc) is 2.56. The third-order valence-corrected chi connectivity index (χ3v) is 6.17. The summed E-state index contributed by atoms with van der Waals surface area (Å²) in [5, 5.41) is 6.18. The number of carbonyl (C=O) groups is 1. The smallest absolute Gasteiger partial charge is 0.315 e. The van der Waals surface area contributed by atoms with Gasteiger partial charge in [-0.25, -0.2) is 4.79 Å². The van der Waals surface area contributed by atoms with E-state index in [1.54, 1.807) is 6.20 Å². The molecule has 0 aromatic carbocycles. The van der Waals surface area contributed by atoms with E-state index in [1.807, 2.05) is 26.1 Å². The van der Waals surface area contributed by atoms with Crippen LogP contribution in [-0.2, 0) is 17.2 Å². The van der Waals surface area contributed by atoms with Gasteiger partial charge in [-0.15, -0.1) is 0 Å². The van der Waals surface area contributed by atoms with Crippen molar-refractivity contribution in [3.63, 3.8) is 0 Å². The van der Waals surface area contributed by atoms with Gasteiger partial charge in [-0.3, -0.25) is 9.19 Å². The molecule has 0 radical (unpaired) electrons. The third kappa shape index (κ3) is 5.61. The molecule has 0 spiro atoms. The monoisotopic (exact) mass is 337 g/mol. The fourth-order valence-corrected chi connectivity index (χ4v) is 4.43. The standard InChI is InChI=1S/C17H27N3O2S/c1-3-23(22)16-6-4-5-15(11-16)20-17(21)19-10-8-14-7-9-18-12-13(14)2/h7,9,12,15-16H,3-6,8,10-11H2,1-2H3,(H2,19,20,21). The van der Waals surface area contributed by atoms with E-state index in [2.05, 4.69) is 15.6 Å². The molecule has 3 unspecified atom stereocenters. The topological polar surface area (TPSA) is 71.1 Å². The van der Waals surface area contributed by atoms with Gasteiger partial charge in [-0.1, -0.05) is 13.3 Å². The Bertz CT molecular complexity index is 550. The Kier molecular flexibility index (Phi) is 7.02. The molecule has 1 aromatic rings. The highest BCUT2D eigenvalue weighted by molar-refractivity contribution is 7.85. The van der Waals surface area contributed by atoms with Gasteiger partial charge in [-0.05, 0) is 49.8 Å². The summed E-state index contributed by atoms with van der Waals surface area (Å²) in [4.78, 5) is 16.1. The number of amides is 2. The summed E-state index contributed by atoms with van der Waals surface area (Å²) in [5.41, 5.74) is 2.35. The molecule has 3 atom stereocenters. The number of hydrogen-bond acceptors (Lipinski definition) is 3. The first-order valence-electron chi connectivity index (χ1n) is 8.41. The van der Waals surface area contributed by atoms with Gasteiger partial charge >= 0.3 is 6.03 Å².